The van der Waals surface area contributed by atoms with Crippen molar-refractivity contribution in [2.75, 3.05) is 6.54 Å². The van der Waals surface area contributed by atoms with Gasteiger partial charge in [-0.25, -0.2) is 0 Å². The van der Waals surface area contributed by atoms with E-state index in [0.29, 0.717) is 0 Å². The fourth-order valence-electron chi connectivity index (χ4n) is 1.86. The van der Waals surface area contributed by atoms with Crippen molar-refractivity contribution in [1.29, 1.82) is 0 Å². The number of hydrogen-bond acceptors (Lipinski definition) is 1. The molecule has 0 saturated carbocycles. The van der Waals surface area contributed by atoms with Crippen molar-refractivity contribution >= 4 is 5.71 Å². The van der Waals surface area contributed by atoms with Crippen LogP contribution in [0.1, 0.15) is 72.1 Å². The van der Waals surface area contributed by atoms with Crippen LogP contribution in [0.4, 0.5) is 0 Å². The second-order valence-corrected chi connectivity index (χ2v) is 4.99. The fraction of sp³-hybridized carbons (Fsp3) is 0.632. The monoisotopic (exact) mass is 273 g/mol. The molecule has 0 fully saturated rings. The fourth-order valence-corrected chi connectivity index (χ4v) is 1.86. The minimum atomic E-state index is 0.966. The molecule has 1 nitrogen and oxygen atoms in total. The summed E-state index contributed by atoms with van der Waals surface area (Å²) in [5.74, 6) is 6.32. The SMILES string of the molecule is C/C=C\C=C/C(C)=NCCCCCCCCC#CCC. The number of aliphatic imine (C=N–C) groups is 1. The number of unbranched alkanes of at least 4 members (excludes halogenated alkanes) is 6. The Bertz CT molecular complexity index is 350. The second-order valence-electron chi connectivity index (χ2n) is 4.99. The van der Waals surface area contributed by atoms with Gasteiger partial charge in [0.1, 0.15) is 0 Å². The average molecular weight is 273 g/mol. The molecule has 0 heterocycles. The molecule has 0 bridgehead atoms. The first kappa shape index (κ1) is 18.7. The third kappa shape index (κ3) is 14.8. The molecule has 20 heavy (non-hydrogen) atoms. The topological polar surface area (TPSA) is 12.4 Å². The minimum absolute atomic E-state index is 0.966. The number of rotatable bonds is 10. The summed E-state index contributed by atoms with van der Waals surface area (Å²) in [7, 11) is 0. The van der Waals surface area contributed by atoms with E-state index < -0.39 is 0 Å². The van der Waals surface area contributed by atoms with E-state index in [1.54, 1.807) is 0 Å². The third-order valence-corrected chi connectivity index (χ3v) is 3.01. The average Bonchev–Trinajstić information content (AvgIpc) is 2.45. The van der Waals surface area contributed by atoms with Crippen molar-refractivity contribution < 1.29 is 0 Å². The first-order valence-corrected chi connectivity index (χ1v) is 8.07. The van der Waals surface area contributed by atoms with Crippen molar-refractivity contribution in [2.45, 2.75) is 72.1 Å². The normalized spacial score (nSPS) is 12.1. The lowest BCUT2D eigenvalue weighted by molar-refractivity contribution is 0.603. The van der Waals surface area contributed by atoms with Crippen LogP contribution in [-0.2, 0) is 0 Å². The van der Waals surface area contributed by atoms with Gasteiger partial charge in [-0.2, -0.15) is 0 Å². The molecule has 0 aliphatic carbocycles. The van der Waals surface area contributed by atoms with Crippen LogP contribution in [0.15, 0.2) is 29.3 Å². The van der Waals surface area contributed by atoms with Crippen LogP contribution in [0.3, 0.4) is 0 Å². The molecule has 0 spiro atoms. The van der Waals surface area contributed by atoms with Crippen molar-refractivity contribution in [1.82, 2.24) is 0 Å². The zero-order valence-corrected chi connectivity index (χ0v) is 13.6. The van der Waals surface area contributed by atoms with Crippen LogP contribution in [-0.4, -0.2) is 12.3 Å². The standard InChI is InChI=1S/C19H31N/c1-4-6-8-9-10-11-12-13-14-16-18-20-19(3)17-15-7-5-2/h5,7,15,17H,4,9-14,16,18H2,1-3H3/b7-5-,17-15-,20-19?. The van der Waals surface area contributed by atoms with E-state index in [1.807, 2.05) is 25.2 Å². The Morgan fingerprint density at radius 3 is 2.35 bits per heavy atom. The molecule has 0 atom stereocenters. The van der Waals surface area contributed by atoms with Crippen LogP contribution in [0.2, 0.25) is 0 Å². The minimum Gasteiger partial charge on any atom is -0.290 e. The molecule has 0 aromatic carbocycles. The molecule has 1 heteroatoms. The lowest BCUT2D eigenvalue weighted by Gasteiger charge is -1.99. The summed E-state index contributed by atoms with van der Waals surface area (Å²) in [6.45, 7) is 7.16. The van der Waals surface area contributed by atoms with Gasteiger partial charge in [0.15, 0.2) is 0 Å². The van der Waals surface area contributed by atoms with Gasteiger partial charge >= 0.3 is 0 Å². The molecule has 0 aromatic heterocycles. The van der Waals surface area contributed by atoms with E-state index in [9.17, 15) is 0 Å². The summed E-state index contributed by atoms with van der Waals surface area (Å²) in [6, 6.07) is 0. The van der Waals surface area contributed by atoms with Gasteiger partial charge in [-0.1, -0.05) is 50.8 Å². The van der Waals surface area contributed by atoms with E-state index >= 15 is 0 Å². The first-order valence-electron chi connectivity index (χ1n) is 8.07. The maximum absolute atomic E-state index is 4.54. The molecular formula is C19H31N. The molecule has 0 amide bonds. The van der Waals surface area contributed by atoms with Crippen molar-refractivity contribution in [2.24, 2.45) is 4.99 Å². The highest BCUT2D eigenvalue weighted by Crippen LogP contribution is 2.07. The zero-order chi connectivity index (χ0) is 14.9. The van der Waals surface area contributed by atoms with Crippen LogP contribution >= 0.6 is 0 Å². The molecule has 0 rings (SSSR count). The lowest BCUT2D eigenvalue weighted by atomic mass is 10.1. The van der Waals surface area contributed by atoms with Gasteiger partial charge in [0, 0.05) is 25.1 Å². The highest BCUT2D eigenvalue weighted by molar-refractivity contribution is 5.92. The Balaban J connectivity index is 3.37. The van der Waals surface area contributed by atoms with Crippen LogP contribution in [0.25, 0.3) is 0 Å². The summed E-state index contributed by atoms with van der Waals surface area (Å²) in [5.41, 5.74) is 1.12. The van der Waals surface area contributed by atoms with Crippen LogP contribution in [0, 0.1) is 11.8 Å². The predicted octanol–water partition coefficient (Wildman–Crippen LogP) is 5.72. The van der Waals surface area contributed by atoms with E-state index in [0.717, 1.165) is 25.1 Å². The van der Waals surface area contributed by atoms with Gasteiger partial charge < -0.3 is 0 Å². The molecule has 112 valence electrons. The second kappa shape index (κ2) is 15.8. The van der Waals surface area contributed by atoms with Gasteiger partial charge in [-0.05, 0) is 32.8 Å². The molecule has 0 unspecified atom stereocenters. The largest absolute Gasteiger partial charge is 0.290 e. The number of hydrogen-bond donors (Lipinski definition) is 0. The molecule has 0 aromatic rings. The van der Waals surface area contributed by atoms with E-state index in [1.165, 1.54) is 38.5 Å². The third-order valence-electron chi connectivity index (χ3n) is 3.01. The number of nitrogens with zero attached hydrogens (tertiary/aromatic N) is 1. The highest BCUT2D eigenvalue weighted by atomic mass is 14.7. The van der Waals surface area contributed by atoms with Gasteiger partial charge in [0.2, 0.25) is 0 Å². The molecule has 0 radical (unpaired) electrons. The van der Waals surface area contributed by atoms with Crippen LogP contribution in [0.5, 0.6) is 0 Å². The van der Waals surface area contributed by atoms with Crippen molar-refractivity contribution in [3.05, 3.63) is 24.3 Å². The van der Waals surface area contributed by atoms with Gasteiger partial charge in [0.05, 0.1) is 0 Å². The molecule has 0 aliphatic heterocycles. The summed E-state index contributed by atoms with van der Waals surface area (Å²) >= 11 is 0. The Morgan fingerprint density at radius 1 is 0.950 bits per heavy atom. The maximum Gasteiger partial charge on any atom is 0.0392 e. The summed E-state index contributed by atoms with van der Waals surface area (Å²) in [6.07, 6.45) is 18.0. The Morgan fingerprint density at radius 2 is 1.65 bits per heavy atom. The summed E-state index contributed by atoms with van der Waals surface area (Å²) in [5, 5.41) is 0. The van der Waals surface area contributed by atoms with Crippen molar-refractivity contribution in [3.63, 3.8) is 0 Å². The predicted molar refractivity (Wildman–Crippen MR) is 92.3 cm³/mol. The smallest absolute Gasteiger partial charge is 0.0392 e. The molecule has 0 saturated heterocycles. The van der Waals surface area contributed by atoms with E-state index in [4.69, 9.17) is 0 Å². The van der Waals surface area contributed by atoms with Gasteiger partial charge in [-0.15, -0.1) is 11.8 Å². The van der Waals surface area contributed by atoms with Gasteiger partial charge in [0.25, 0.3) is 0 Å². The quantitative estimate of drug-likeness (QED) is 0.209. The maximum atomic E-state index is 4.54. The molecule has 0 aliphatic rings. The van der Waals surface area contributed by atoms with E-state index in [-0.39, 0.29) is 0 Å². The summed E-state index contributed by atoms with van der Waals surface area (Å²) in [4.78, 5) is 4.54. The Labute approximate surface area is 126 Å². The van der Waals surface area contributed by atoms with E-state index in [2.05, 4.69) is 36.8 Å². The Kier molecular flexibility index (Phi) is 14.7. The molecular weight excluding hydrogens is 242 g/mol. The van der Waals surface area contributed by atoms with Gasteiger partial charge in [-0.3, -0.25) is 4.99 Å². The zero-order valence-electron chi connectivity index (χ0n) is 13.6. The van der Waals surface area contributed by atoms with Crippen molar-refractivity contribution in [3.8, 4) is 11.8 Å². The highest BCUT2D eigenvalue weighted by Gasteiger charge is 1.91. The Hall–Kier alpha value is -1.29. The number of allylic oxidation sites excluding steroid dienone is 4. The lowest BCUT2D eigenvalue weighted by Crippen LogP contribution is -1.89. The summed E-state index contributed by atoms with van der Waals surface area (Å²) < 4.78 is 0. The molecule has 0 N–H and O–H groups in total. The van der Waals surface area contributed by atoms with Crippen LogP contribution < -0.4 is 0 Å². The first-order chi connectivity index (χ1) is 9.81.